The molecule has 0 radical (unpaired) electrons. The molecule has 0 fully saturated rings. The molecule has 1 atom stereocenters. The van der Waals surface area contributed by atoms with Gasteiger partial charge < -0.3 is 5.32 Å². The molecular weight excluding hydrogens is 358 g/mol. The molecule has 1 heterocycles. The maximum atomic E-state index is 13.2. The molecule has 2 aromatic rings. The van der Waals surface area contributed by atoms with Crippen LogP contribution in [0.4, 0.5) is 11.4 Å². The van der Waals surface area contributed by atoms with Crippen LogP contribution in [0.2, 0.25) is 5.02 Å². The first kappa shape index (κ1) is 17.9. The second-order valence-electron chi connectivity index (χ2n) is 5.84. The van der Waals surface area contributed by atoms with E-state index in [2.05, 4.69) is 5.32 Å². The van der Waals surface area contributed by atoms with Gasteiger partial charge in [-0.05, 0) is 24.6 Å². The van der Waals surface area contributed by atoms with Crippen molar-refractivity contribution in [2.75, 3.05) is 11.4 Å². The fourth-order valence-corrected chi connectivity index (χ4v) is 3.26. The van der Waals surface area contributed by atoms with Crippen LogP contribution >= 0.6 is 11.6 Å². The van der Waals surface area contributed by atoms with Crippen LogP contribution < -0.4 is 10.2 Å². The number of hydrogen-bond donors (Lipinski definition) is 1. The number of likely N-dealkylation sites (N-methyl/N-ethyl adjacent to an activating group) is 1. The number of anilines is 1. The number of fused-ring (bicyclic) bond motifs is 1. The molecule has 0 bridgehead atoms. The number of hydrogen-bond acceptors (Lipinski definition) is 4. The minimum absolute atomic E-state index is 0.00753. The lowest BCUT2D eigenvalue weighted by Gasteiger charge is -2.25. The van der Waals surface area contributed by atoms with Crippen LogP contribution in [-0.4, -0.2) is 29.3 Å². The summed E-state index contributed by atoms with van der Waals surface area (Å²) in [7, 11) is 0. The zero-order valence-electron chi connectivity index (χ0n) is 13.9. The van der Waals surface area contributed by atoms with Gasteiger partial charge in [-0.2, -0.15) is 0 Å². The average Bonchev–Trinajstić information content (AvgIpc) is 3.01. The van der Waals surface area contributed by atoms with Crippen LogP contribution in [0.5, 0.6) is 0 Å². The van der Waals surface area contributed by atoms with Crippen LogP contribution in [0.15, 0.2) is 42.5 Å². The van der Waals surface area contributed by atoms with E-state index in [9.17, 15) is 19.7 Å². The van der Waals surface area contributed by atoms with Crippen molar-refractivity contribution in [3.63, 3.8) is 0 Å². The van der Waals surface area contributed by atoms with Gasteiger partial charge in [0, 0.05) is 30.8 Å². The third-order valence-electron chi connectivity index (χ3n) is 4.24. The number of para-hydroxylation sites is 1. The summed E-state index contributed by atoms with van der Waals surface area (Å²) in [5, 5.41) is 13.9. The van der Waals surface area contributed by atoms with Crippen LogP contribution in [0, 0.1) is 10.1 Å². The van der Waals surface area contributed by atoms with E-state index in [1.165, 1.54) is 17.0 Å². The number of nitro benzene ring substituents is 1. The minimum Gasteiger partial charge on any atom is -0.355 e. The monoisotopic (exact) mass is 373 g/mol. The third kappa shape index (κ3) is 3.13. The lowest BCUT2D eigenvalue weighted by molar-refractivity contribution is -0.384. The van der Waals surface area contributed by atoms with E-state index in [4.69, 9.17) is 11.6 Å². The Kier molecular flexibility index (Phi) is 4.90. The Morgan fingerprint density at radius 2 is 2.04 bits per heavy atom. The smallest absolute Gasteiger partial charge is 0.270 e. The van der Waals surface area contributed by atoms with Crippen molar-refractivity contribution in [3.05, 3.63) is 68.7 Å². The van der Waals surface area contributed by atoms with Gasteiger partial charge in [-0.3, -0.25) is 24.6 Å². The summed E-state index contributed by atoms with van der Waals surface area (Å²) in [6, 6.07) is 10.2. The minimum atomic E-state index is -0.727. The van der Waals surface area contributed by atoms with Crippen molar-refractivity contribution in [1.29, 1.82) is 0 Å². The summed E-state index contributed by atoms with van der Waals surface area (Å²) in [5.74, 6) is -0.821. The maximum Gasteiger partial charge on any atom is 0.270 e. The predicted octanol–water partition coefficient (Wildman–Crippen LogP) is 2.96. The fraction of sp³-hybridized carbons (Fsp3) is 0.222. The zero-order valence-corrected chi connectivity index (χ0v) is 14.7. The predicted molar refractivity (Wildman–Crippen MR) is 97.5 cm³/mol. The van der Waals surface area contributed by atoms with E-state index in [0.29, 0.717) is 18.7 Å². The van der Waals surface area contributed by atoms with Crippen LogP contribution in [0.25, 0.3) is 0 Å². The number of rotatable bonds is 4. The summed E-state index contributed by atoms with van der Waals surface area (Å²) in [6.07, 6.45) is 0.375. The Balaban J connectivity index is 2.06. The van der Waals surface area contributed by atoms with Crippen LogP contribution in [-0.2, 0) is 11.2 Å². The molecule has 0 spiro atoms. The van der Waals surface area contributed by atoms with Crippen molar-refractivity contribution >= 4 is 34.8 Å². The molecule has 3 rings (SSSR count). The van der Waals surface area contributed by atoms with E-state index in [0.717, 1.165) is 11.6 Å². The van der Waals surface area contributed by atoms with Gasteiger partial charge in [-0.1, -0.05) is 29.8 Å². The number of benzene rings is 2. The topological polar surface area (TPSA) is 92.6 Å². The molecule has 26 heavy (non-hydrogen) atoms. The van der Waals surface area contributed by atoms with Crippen molar-refractivity contribution < 1.29 is 14.5 Å². The number of nitrogens with zero attached hydrogens (tertiary/aromatic N) is 2. The summed E-state index contributed by atoms with van der Waals surface area (Å²) in [6.45, 7) is 2.23. The van der Waals surface area contributed by atoms with Crippen molar-refractivity contribution in [2.45, 2.75) is 19.4 Å². The van der Waals surface area contributed by atoms with Crippen LogP contribution in [0.1, 0.15) is 22.8 Å². The maximum absolute atomic E-state index is 13.2. The van der Waals surface area contributed by atoms with E-state index in [1.54, 1.807) is 19.1 Å². The number of halogens is 1. The SMILES string of the molecule is CCNC(=O)[C@@H]1Cc2ccccc2N1C(=O)c1cc([N+](=O)[O-])ccc1Cl. The lowest BCUT2D eigenvalue weighted by atomic mass is 10.1. The second kappa shape index (κ2) is 7.13. The van der Waals surface area contributed by atoms with Crippen molar-refractivity contribution in [1.82, 2.24) is 5.32 Å². The molecule has 0 unspecified atom stereocenters. The second-order valence-corrected chi connectivity index (χ2v) is 6.25. The molecule has 0 saturated heterocycles. The van der Waals surface area contributed by atoms with Crippen molar-refractivity contribution in [3.8, 4) is 0 Å². The van der Waals surface area contributed by atoms with Gasteiger partial charge in [-0.25, -0.2) is 0 Å². The molecule has 2 amide bonds. The first-order chi connectivity index (χ1) is 12.4. The Morgan fingerprint density at radius 1 is 1.31 bits per heavy atom. The molecule has 0 aliphatic carbocycles. The molecule has 8 heteroatoms. The van der Waals surface area contributed by atoms with E-state index >= 15 is 0 Å². The van der Waals surface area contributed by atoms with Gasteiger partial charge in [0.1, 0.15) is 6.04 Å². The van der Waals surface area contributed by atoms with E-state index in [1.807, 2.05) is 12.1 Å². The Hall–Kier alpha value is -2.93. The summed E-state index contributed by atoms with van der Waals surface area (Å²) >= 11 is 6.12. The number of nitro groups is 1. The van der Waals surface area contributed by atoms with Gasteiger partial charge in [0.25, 0.3) is 11.6 Å². The lowest BCUT2D eigenvalue weighted by Crippen LogP contribution is -2.48. The van der Waals surface area contributed by atoms with Crippen LogP contribution in [0.3, 0.4) is 0 Å². The third-order valence-corrected chi connectivity index (χ3v) is 4.57. The van der Waals surface area contributed by atoms with Gasteiger partial charge >= 0.3 is 0 Å². The Labute approximate surface area is 154 Å². The molecule has 0 aromatic heterocycles. The highest BCUT2D eigenvalue weighted by atomic mass is 35.5. The standard InChI is InChI=1S/C18H16ClN3O4/c1-2-20-17(23)16-9-11-5-3-4-6-15(11)21(16)18(24)13-10-12(22(25)26)7-8-14(13)19/h3-8,10,16H,2,9H2,1H3,(H,20,23)/t16-/m0/s1. The molecule has 0 saturated carbocycles. The highest BCUT2D eigenvalue weighted by Crippen LogP contribution is 2.35. The number of carbonyl (C=O) groups excluding carboxylic acids is 2. The molecule has 2 aromatic carbocycles. The molecule has 1 aliphatic heterocycles. The Bertz CT molecular complexity index is 900. The van der Waals surface area contributed by atoms with Crippen molar-refractivity contribution in [2.24, 2.45) is 0 Å². The summed E-state index contributed by atoms with van der Waals surface area (Å²) in [5.41, 5.74) is 1.22. The largest absolute Gasteiger partial charge is 0.355 e. The molecule has 7 nitrogen and oxygen atoms in total. The molecular formula is C18H16ClN3O4. The van der Waals surface area contributed by atoms with E-state index < -0.39 is 16.9 Å². The Morgan fingerprint density at radius 3 is 2.73 bits per heavy atom. The van der Waals surface area contributed by atoms with E-state index in [-0.39, 0.29) is 22.2 Å². The quantitative estimate of drug-likeness (QED) is 0.658. The van der Waals surface area contributed by atoms with Gasteiger partial charge in [-0.15, -0.1) is 0 Å². The normalized spacial score (nSPS) is 15.5. The summed E-state index contributed by atoms with van der Waals surface area (Å²) in [4.78, 5) is 37.5. The van der Waals surface area contributed by atoms with Gasteiger partial charge in [0.15, 0.2) is 0 Å². The first-order valence-electron chi connectivity index (χ1n) is 8.07. The molecule has 134 valence electrons. The average molecular weight is 374 g/mol. The highest BCUT2D eigenvalue weighted by Gasteiger charge is 2.39. The number of amides is 2. The highest BCUT2D eigenvalue weighted by molar-refractivity contribution is 6.35. The molecule has 1 aliphatic rings. The number of carbonyl (C=O) groups is 2. The van der Waals surface area contributed by atoms with Gasteiger partial charge in [0.2, 0.25) is 5.91 Å². The number of nitrogens with one attached hydrogen (secondary N) is 1. The summed E-state index contributed by atoms with van der Waals surface area (Å²) < 4.78 is 0. The first-order valence-corrected chi connectivity index (χ1v) is 8.45. The number of non-ortho nitro benzene ring substituents is 1. The van der Waals surface area contributed by atoms with Gasteiger partial charge in [0.05, 0.1) is 15.5 Å². The molecule has 1 N–H and O–H groups in total. The zero-order chi connectivity index (χ0) is 18.8. The fourth-order valence-electron chi connectivity index (χ4n) is 3.06.